The molecule has 1 aliphatic heterocycles. The predicted molar refractivity (Wildman–Crippen MR) is 128 cm³/mol. The summed E-state index contributed by atoms with van der Waals surface area (Å²) in [6, 6.07) is 15.0. The molecule has 32 heavy (non-hydrogen) atoms. The van der Waals surface area contributed by atoms with Gasteiger partial charge in [0.15, 0.2) is 5.82 Å². The molecule has 1 saturated heterocycles. The summed E-state index contributed by atoms with van der Waals surface area (Å²) in [7, 11) is 1.78. The van der Waals surface area contributed by atoms with Crippen molar-refractivity contribution in [3.8, 4) is 0 Å². The van der Waals surface area contributed by atoms with Gasteiger partial charge in [0.25, 0.3) is 5.56 Å². The van der Waals surface area contributed by atoms with Crippen molar-refractivity contribution in [2.45, 2.75) is 46.1 Å². The summed E-state index contributed by atoms with van der Waals surface area (Å²) < 4.78 is 3.66. The highest BCUT2D eigenvalue weighted by atomic mass is 16.1. The number of rotatable bonds is 5. The Balaban J connectivity index is 1.29. The molecule has 0 saturated carbocycles. The normalized spacial score (nSPS) is 15.7. The van der Waals surface area contributed by atoms with E-state index in [1.54, 1.807) is 11.6 Å². The van der Waals surface area contributed by atoms with Gasteiger partial charge in [0.1, 0.15) is 0 Å². The summed E-state index contributed by atoms with van der Waals surface area (Å²) in [5, 5.41) is 9.55. The Hall–Kier alpha value is -2.99. The Kier molecular flexibility index (Phi) is 5.55. The zero-order valence-electron chi connectivity index (χ0n) is 19.2. The lowest BCUT2D eigenvalue weighted by molar-refractivity contribution is 0.168. The molecular weight excluding hydrogens is 398 g/mol. The van der Waals surface area contributed by atoms with E-state index in [2.05, 4.69) is 50.7 Å². The summed E-state index contributed by atoms with van der Waals surface area (Å²) in [4.78, 5) is 15.3. The van der Waals surface area contributed by atoms with Gasteiger partial charge in [0, 0.05) is 7.05 Å². The van der Waals surface area contributed by atoms with Crippen LogP contribution in [-0.4, -0.2) is 37.2 Å². The highest BCUT2D eigenvalue weighted by Crippen LogP contribution is 2.24. The second-order valence-corrected chi connectivity index (χ2v) is 9.38. The molecule has 1 fully saturated rings. The minimum absolute atomic E-state index is 0.0236. The Bertz CT molecular complexity index is 1310. The van der Waals surface area contributed by atoms with Crippen molar-refractivity contribution in [3.63, 3.8) is 0 Å². The number of nitrogens with zero attached hydrogens (tertiary/aromatic N) is 5. The number of hydrogen-bond donors (Lipinski definition) is 0. The molecule has 3 heterocycles. The van der Waals surface area contributed by atoms with Crippen LogP contribution >= 0.6 is 0 Å². The third kappa shape index (κ3) is 3.95. The van der Waals surface area contributed by atoms with Crippen LogP contribution in [-0.2, 0) is 20.0 Å². The van der Waals surface area contributed by atoms with Crippen LogP contribution < -0.4 is 5.56 Å². The molecule has 2 aromatic carbocycles. The molecule has 2 aromatic heterocycles. The van der Waals surface area contributed by atoms with Gasteiger partial charge in [-0.3, -0.25) is 18.7 Å². The second-order valence-electron chi connectivity index (χ2n) is 9.38. The summed E-state index contributed by atoms with van der Waals surface area (Å²) in [5.41, 5.74) is 4.72. The van der Waals surface area contributed by atoms with E-state index < -0.39 is 0 Å². The Morgan fingerprint density at radius 2 is 1.69 bits per heavy atom. The molecule has 0 bridgehead atoms. The number of fused-ring (bicyclic) bond motifs is 3. The van der Waals surface area contributed by atoms with Crippen molar-refractivity contribution >= 4 is 16.7 Å². The smallest absolute Gasteiger partial charge is 0.262 e. The van der Waals surface area contributed by atoms with Gasteiger partial charge >= 0.3 is 0 Å². The fourth-order valence-electron chi connectivity index (χ4n) is 4.92. The van der Waals surface area contributed by atoms with Crippen LogP contribution in [0, 0.1) is 19.8 Å². The molecule has 6 heteroatoms. The Morgan fingerprint density at radius 1 is 0.969 bits per heavy atom. The van der Waals surface area contributed by atoms with Gasteiger partial charge in [-0.2, -0.15) is 0 Å². The van der Waals surface area contributed by atoms with Crippen molar-refractivity contribution in [2.24, 2.45) is 13.0 Å². The first-order chi connectivity index (χ1) is 15.5. The summed E-state index contributed by atoms with van der Waals surface area (Å²) in [6.07, 6.45) is 4.87. The van der Waals surface area contributed by atoms with Gasteiger partial charge in [-0.1, -0.05) is 41.5 Å². The third-order valence-electron chi connectivity index (χ3n) is 6.98. The molecular formula is C26H31N5O. The maximum absolute atomic E-state index is 12.8. The van der Waals surface area contributed by atoms with Crippen LogP contribution in [0.4, 0.5) is 0 Å². The van der Waals surface area contributed by atoms with Gasteiger partial charge in [0.2, 0.25) is 5.78 Å². The largest absolute Gasteiger partial charge is 0.296 e. The van der Waals surface area contributed by atoms with Crippen LogP contribution in [0.3, 0.4) is 0 Å². The van der Waals surface area contributed by atoms with E-state index in [0.29, 0.717) is 5.78 Å². The number of hydrogen-bond acceptors (Lipinski definition) is 4. The van der Waals surface area contributed by atoms with Crippen LogP contribution in [0.2, 0.25) is 0 Å². The number of aryl methyl sites for hydroxylation is 4. The zero-order valence-corrected chi connectivity index (χ0v) is 19.2. The van der Waals surface area contributed by atoms with E-state index >= 15 is 0 Å². The van der Waals surface area contributed by atoms with Crippen molar-refractivity contribution in [2.75, 3.05) is 13.1 Å². The van der Waals surface area contributed by atoms with Gasteiger partial charge < -0.3 is 0 Å². The fourth-order valence-corrected chi connectivity index (χ4v) is 4.92. The van der Waals surface area contributed by atoms with Crippen LogP contribution in [0.5, 0.6) is 0 Å². The first kappa shape index (κ1) is 20.9. The Labute approximate surface area is 188 Å². The van der Waals surface area contributed by atoms with Gasteiger partial charge in [-0.25, -0.2) is 0 Å². The first-order valence-corrected chi connectivity index (χ1v) is 11.6. The lowest BCUT2D eigenvalue weighted by atomic mass is 9.90. The highest BCUT2D eigenvalue weighted by Gasteiger charge is 2.22. The minimum Gasteiger partial charge on any atom is -0.296 e. The molecule has 0 atom stereocenters. The minimum atomic E-state index is -0.0236. The van der Waals surface area contributed by atoms with Crippen LogP contribution in [0.1, 0.15) is 41.8 Å². The van der Waals surface area contributed by atoms with Crippen molar-refractivity contribution in [1.82, 2.24) is 24.1 Å². The van der Waals surface area contributed by atoms with E-state index in [1.165, 1.54) is 36.8 Å². The van der Waals surface area contributed by atoms with E-state index in [-0.39, 0.29) is 5.56 Å². The summed E-state index contributed by atoms with van der Waals surface area (Å²) >= 11 is 0. The third-order valence-corrected chi connectivity index (χ3v) is 6.98. The first-order valence-electron chi connectivity index (χ1n) is 11.6. The molecule has 0 spiro atoms. The maximum atomic E-state index is 12.8. The SMILES string of the molecule is Cc1ccc(CCC2CCN(Cc3nnc4n(C)c(=O)c5cc(C)ccc5n34)CC2)cc1. The second kappa shape index (κ2) is 8.51. The zero-order chi connectivity index (χ0) is 22.2. The van der Waals surface area contributed by atoms with Crippen LogP contribution in [0.25, 0.3) is 16.7 Å². The van der Waals surface area contributed by atoms with Gasteiger partial charge in [-0.05, 0) is 76.2 Å². The monoisotopic (exact) mass is 429 g/mol. The van der Waals surface area contributed by atoms with Crippen molar-refractivity contribution in [1.29, 1.82) is 0 Å². The molecule has 0 aliphatic carbocycles. The number of likely N-dealkylation sites (tertiary alicyclic amines) is 1. The molecule has 166 valence electrons. The molecule has 0 radical (unpaired) electrons. The number of aromatic nitrogens is 4. The molecule has 1 aliphatic rings. The highest BCUT2D eigenvalue weighted by molar-refractivity contribution is 5.81. The van der Waals surface area contributed by atoms with Gasteiger partial charge in [0.05, 0.1) is 17.4 Å². The molecule has 6 nitrogen and oxygen atoms in total. The van der Waals surface area contributed by atoms with E-state index in [1.807, 2.05) is 25.1 Å². The van der Waals surface area contributed by atoms with Crippen molar-refractivity contribution < 1.29 is 0 Å². The average Bonchev–Trinajstić information content (AvgIpc) is 3.22. The number of piperidine rings is 1. The molecule has 5 rings (SSSR count). The maximum Gasteiger partial charge on any atom is 0.262 e. The topological polar surface area (TPSA) is 55.4 Å². The standard InChI is InChI=1S/C26H31N5O/c1-18-4-7-20(8-5-18)9-10-21-12-14-30(15-13-21)17-24-27-28-26-29(3)25(32)22-16-19(2)6-11-23(22)31(24)26/h4-8,11,16,21H,9-10,12-15,17H2,1-3H3. The molecule has 0 amide bonds. The summed E-state index contributed by atoms with van der Waals surface area (Å²) in [6.45, 7) is 7.07. The molecule has 0 unspecified atom stereocenters. The van der Waals surface area contributed by atoms with Gasteiger partial charge in [-0.15, -0.1) is 10.2 Å². The van der Waals surface area contributed by atoms with Crippen molar-refractivity contribution in [3.05, 3.63) is 75.3 Å². The Morgan fingerprint density at radius 3 is 2.44 bits per heavy atom. The van der Waals surface area contributed by atoms with Crippen LogP contribution in [0.15, 0.2) is 47.3 Å². The predicted octanol–water partition coefficient (Wildman–Crippen LogP) is 4.04. The van der Waals surface area contributed by atoms with E-state index in [0.717, 1.165) is 47.8 Å². The van der Waals surface area contributed by atoms with E-state index in [9.17, 15) is 4.79 Å². The fraction of sp³-hybridized carbons (Fsp3) is 0.423. The summed E-state index contributed by atoms with van der Waals surface area (Å²) in [5.74, 6) is 2.30. The molecule has 0 N–H and O–H groups in total. The quantitative estimate of drug-likeness (QED) is 0.480. The lowest BCUT2D eigenvalue weighted by Gasteiger charge is -2.31. The average molecular weight is 430 g/mol. The lowest BCUT2D eigenvalue weighted by Crippen LogP contribution is -2.34. The molecule has 4 aromatic rings. The number of benzene rings is 2. The van der Waals surface area contributed by atoms with E-state index in [4.69, 9.17) is 0 Å².